The van der Waals surface area contributed by atoms with Gasteiger partial charge in [-0.15, -0.1) is 0 Å². The average Bonchev–Trinajstić information content (AvgIpc) is 2.21. The summed E-state index contributed by atoms with van der Waals surface area (Å²) in [6, 6.07) is 2.18. The number of hydrogen-bond acceptors (Lipinski definition) is 3. The normalized spacial score (nSPS) is 18.1. The van der Waals surface area contributed by atoms with E-state index < -0.39 is 0 Å². The van der Waals surface area contributed by atoms with Crippen molar-refractivity contribution in [3.05, 3.63) is 28.3 Å². The van der Waals surface area contributed by atoms with Gasteiger partial charge in [0.2, 0.25) is 0 Å². The van der Waals surface area contributed by atoms with E-state index in [4.69, 9.17) is 22.1 Å². The first-order chi connectivity index (χ1) is 7.49. The van der Waals surface area contributed by atoms with E-state index in [1.807, 2.05) is 0 Å². The fourth-order valence-corrected chi connectivity index (χ4v) is 2.72. The van der Waals surface area contributed by atoms with Crippen LogP contribution in [-0.2, 0) is 9.48 Å². The zero-order chi connectivity index (χ0) is 11.9. The van der Waals surface area contributed by atoms with E-state index in [1.165, 1.54) is 22.3 Å². The van der Waals surface area contributed by atoms with Gasteiger partial charge in [0.25, 0.3) is 0 Å². The molecule has 88 valence electrons. The van der Waals surface area contributed by atoms with Crippen LogP contribution in [0, 0.1) is 20.8 Å². The summed E-state index contributed by atoms with van der Waals surface area (Å²) >= 11 is 4.72. The molecule has 0 amide bonds. The molecule has 1 aliphatic heterocycles. The number of ether oxygens (including phenoxy) is 2. The van der Waals surface area contributed by atoms with Gasteiger partial charge < -0.3 is 9.47 Å². The van der Waals surface area contributed by atoms with Crippen LogP contribution in [0.3, 0.4) is 0 Å². The van der Waals surface area contributed by atoms with E-state index in [2.05, 4.69) is 26.8 Å². The third-order valence-corrected chi connectivity index (χ3v) is 3.91. The van der Waals surface area contributed by atoms with E-state index in [-0.39, 0.29) is 4.75 Å². The summed E-state index contributed by atoms with van der Waals surface area (Å²) in [6.07, 6.45) is 0. The molecule has 1 aliphatic rings. The van der Waals surface area contributed by atoms with Crippen molar-refractivity contribution in [1.82, 2.24) is 0 Å². The highest BCUT2D eigenvalue weighted by Gasteiger charge is 2.38. The van der Waals surface area contributed by atoms with Crippen LogP contribution in [0.25, 0.3) is 0 Å². The third-order valence-electron chi connectivity index (χ3n) is 3.41. The summed E-state index contributed by atoms with van der Waals surface area (Å²) in [5.41, 5.74) is 4.91. The van der Waals surface area contributed by atoms with Crippen molar-refractivity contribution in [1.29, 1.82) is 0 Å². The minimum absolute atomic E-state index is 0.105. The van der Waals surface area contributed by atoms with E-state index in [9.17, 15) is 0 Å². The zero-order valence-corrected chi connectivity index (χ0v) is 11.1. The van der Waals surface area contributed by atoms with Crippen molar-refractivity contribution in [2.24, 2.45) is 0 Å². The molecule has 0 aliphatic carbocycles. The van der Waals surface area contributed by atoms with Gasteiger partial charge in [-0.25, -0.2) is 0 Å². The fraction of sp³-hybridized carbons (Fsp3) is 0.538. The maximum Gasteiger partial charge on any atom is 0.124 e. The molecule has 0 saturated carbocycles. The minimum atomic E-state index is -0.105. The van der Waals surface area contributed by atoms with E-state index in [0.717, 1.165) is 5.75 Å². The minimum Gasteiger partial charge on any atom is -0.496 e. The lowest BCUT2D eigenvalue weighted by molar-refractivity contribution is -0.0100. The Bertz CT molecular complexity index is 422. The summed E-state index contributed by atoms with van der Waals surface area (Å²) in [7, 11) is 1.72. The second kappa shape index (κ2) is 3.97. The maximum atomic E-state index is 5.42. The smallest absolute Gasteiger partial charge is 0.124 e. The van der Waals surface area contributed by atoms with E-state index in [0.29, 0.717) is 13.2 Å². The molecule has 0 bridgehead atoms. The molecule has 1 saturated heterocycles. The lowest BCUT2D eigenvalue weighted by atomic mass is 9.88. The predicted octanol–water partition coefficient (Wildman–Crippen LogP) is 2.78. The number of aryl methyl sites for hydroxylation is 1. The largest absolute Gasteiger partial charge is 0.496 e. The monoisotopic (exact) mass is 238 g/mol. The van der Waals surface area contributed by atoms with Crippen LogP contribution in [-0.4, -0.2) is 20.3 Å². The van der Waals surface area contributed by atoms with Crippen LogP contribution in [0.4, 0.5) is 0 Å². The van der Waals surface area contributed by atoms with Gasteiger partial charge in [0.05, 0.1) is 25.1 Å². The first-order valence-corrected chi connectivity index (χ1v) is 5.90. The molecule has 1 fully saturated rings. The second-order valence-electron chi connectivity index (χ2n) is 4.55. The number of benzene rings is 1. The Balaban J connectivity index is 2.56. The fourth-order valence-electron chi connectivity index (χ4n) is 2.31. The van der Waals surface area contributed by atoms with Gasteiger partial charge in [-0.1, -0.05) is 6.07 Å². The predicted molar refractivity (Wildman–Crippen MR) is 68.7 cm³/mol. The topological polar surface area (TPSA) is 18.5 Å². The average molecular weight is 238 g/mol. The lowest BCUT2D eigenvalue weighted by Crippen LogP contribution is -2.42. The summed E-state index contributed by atoms with van der Waals surface area (Å²) in [6.45, 7) is 7.69. The van der Waals surface area contributed by atoms with Crippen molar-refractivity contribution >= 4 is 12.6 Å². The molecule has 1 aromatic carbocycles. The first-order valence-electron chi connectivity index (χ1n) is 5.45. The van der Waals surface area contributed by atoms with Gasteiger partial charge in [0.15, 0.2) is 0 Å². The molecule has 0 N–H and O–H groups in total. The molecular weight excluding hydrogens is 220 g/mol. The molecule has 0 spiro atoms. The van der Waals surface area contributed by atoms with Crippen molar-refractivity contribution < 1.29 is 9.47 Å². The Hall–Kier alpha value is -0.670. The quantitative estimate of drug-likeness (QED) is 0.799. The molecule has 0 atom stereocenters. The zero-order valence-electron chi connectivity index (χ0n) is 10.3. The lowest BCUT2D eigenvalue weighted by Gasteiger charge is -2.39. The Morgan fingerprint density at radius 3 is 2.31 bits per heavy atom. The molecule has 0 unspecified atom stereocenters. The Morgan fingerprint density at radius 2 is 1.88 bits per heavy atom. The Labute approximate surface area is 102 Å². The highest BCUT2D eigenvalue weighted by atomic mass is 32.1. The van der Waals surface area contributed by atoms with E-state index in [1.54, 1.807) is 7.11 Å². The van der Waals surface area contributed by atoms with Gasteiger partial charge in [-0.05, 0) is 43.0 Å². The second-order valence-corrected chi connectivity index (χ2v) is 5.40. The van der Waals surface area contributed by atoms with Crippen molar-refractivity contribution in [2.45, 2.75) is 25.5 Å². The SMILES string of the molecule is COc1c(C)cc(C2(S)COC2)c(C)c1C. The van der Waals surface area contributed by atoms with Gasteiger partial charge in [-0.3, -0.25) is 0 Å². The van der Waals surface area contributed by atoms with Crippen LogP contribution in [0.15, 0.2) is 6.07 Å². The van der Waals surface area contributed by atoms with Crippen LogP contribution >= 0.6 is 12.6 Å². The highest BCUT2D eigenvalue weighted by molar-refractivity contribution is 7.81. The van der Waals surface area contributed by atoms with Gasteiger partial charge in [0, 0.05) is 0 Å². The molecular formula is C13H18O2S. The Morgan fingerprint density at radius 1 is 1.25 bits per heavy atom. The van der Waals surface area contributed by atoms with Crippen LogP contribution in [0.2, 0.25) is 0 Å². The first kappa shape index (κ1) is 11.8. The molecule has 3 heteroatoms. The summed E-state index contributed by atoms with van der Waals surface area (Å²) in [5, 5.41) is 0. The molecule has 0 radical (unpaired) electrons. The number of methoxy groups -OCH3 is 1. The van der Waals surface area contributed by atoms with Crippen LogP contribution in [0.1, 0.15) is 22.3 Å². The molecule has 2 nitrogen and oxygen atoms in total. The standard InChI is InChI=1S/C13H18O2S/c1-8-5-11(13(16)6-15-7-13)9(2)10(3)12(8)14-4/h5,16H,6-7H2,1-4H3. The van der Waals surface area contributed by atoms with Crippen LogP contribution < -0.4 is 4.74 Å². The number of hydrogen-bond donors (Lipinski definition) is 1. The summed E-state index contributed by atoms with van der Waals surface area (Å²) in [5.74, 6) is 0.985. The molecule has 16 heavy (non-hydrogen) atoms. The molecule has 1 heterocycles. The van der Waals surface area contributed by atoms with Gasteiger partial charge in [-0.2, -0.15) is 12.6 Å². The molecule has 0 aromatic heterocycles. The summed E-state index contributed by atoms with van der Waals surface area (Å²) < 4.78 is 10.6. The van der Waals surface area contributed by atoms with Crippen molar-refractivity contribution in [3.8, 4) is 5.75 Å². The van der Waals surface area contributed by atoms with E-state index >= 15 is 0 Å². The Kier molecular flexibility index (Phi) is 2.93. The molecule has 1 aromatic rings. The van der Waals surface area contributed by atoms with Gasteiger partial charge >= 0.3 is 0 Å². The van der Waals surface area contributed by atoms with Crippen molar-refractivity contribution in [3.63, 3.8) is 0 Å². The van der Waals surface area contributed by atoms with Crippen LogP contribution in [0.5, 0.6) is 5.75 Å². The van der Waals surface area contributed by atoms with Gasteiger partial charge in [0.1, 0.15) is 5.75 Å². The summed E-state index contributed by atoms with van der Waals surface area (Å²) in [4.78, 5) is 0. The molecule has 2 rings (SSSR count). The maximum absolute atomic E-state index is 5.42. The number of thiol groups is 1. The third kappa shape index (κ3) is 1.62. The number of rotatable bonds is 2. The van der Waals surface area contributed by atoms with Crippen molar-refractivity contribution in [2.75, 3.05) is 20.3 Å². The highest BCUT2D eigenvalue weighted by Crippen LogP contribution is 2.41.